The zero-order valence-electron chi connectivity index (χ0n) is 4.53. The molecule has 8 heavy (non-hydrogen) atoms. The van der Waals surface area contributed by atoms with Crippen LogP contribution >= 0.6 is 11.9 Å². The molecule has 0 aromatic heterocycles. The van der Waals surface area contributed by atoms with Crippen molar-refractivity contribution in [1.82, 2.24) is 9.95 Å². The van der Waals surface area contributed by atoms with E-state index in [0.717, 1.165) is 0 Å². The van der Waals surface area contributed by atoms with Gasteiger partial charge in [0.2, 0.25) is 0 Å². The second kappa shape index (κ2) is 2.61. The highest BCUT2D eigenvalue weighted by atomic mass is 32.2. The molecule has 44 valence electrons. The summed E-state index contributed by atoms with van der Waals surface area (Å²) in [5, 5.41) is 3.77. The first-order valence-corrected chi connectivity index (χ1v) is 3.40. The molecular formula is C4H7N3S. The van der Waals surface area contributed by atoms with Crippen LogP contribution in [0.3, 0.4) is 0 Å². The fourth-order valence-corrected chi connectivity index (χ4v) is 0.706. The fraction of sp³-hybridized carbons (Fsp3) is 0.250. The van der Waals surface area contributed by atoms with E-state index in [1.54, 1.807) is 22.6 Å². The summed E-state index contributed by atoms with van der Waals surface area (Å²) in [6.07, 6.45) is 7.44. The zero-order chi connectivity index (χ0) is 5.82. The SMILES string of the molecule is CSN1C=CC=NN1. The van der Waals surface area contributed by atoms with E-state index >= 15 is 0 Å². The Balaban J connectivity index is 2.40. The largest absolute Gasteiger partial charge is 0.221 e. The number of rotatable bonds is 1. The topological polar surface area (TPSA) is 27.6 Å². The number of hydrazone groups is 1. The monoisotopic (exact) mass is 129 g/mol. The van der Waals surface area contributed by atoms with Gasteiger partial charge in [-0.05, 0) is 18.0 Å². The highest BCUT2D eigenvalue weighted by Gasteiger charge is 1.92. The van der Waals surface area contributed by atoms with Crippen molar-refractivity contribution >= 4 is 18.2 Å². The van der Waals surface area contributed by atoms with Crippen LogP contribution in [-0.4, -0.2) is 16.9 Å². The molecule has 1 aliphatic rings. The summed E-state index contributed by atoms with van der Waals surface area (Å²) in [4.78, 5) is 0. The molecule has 0 aliphatic carbocycles. The maximum atomic E-state index is 3.77. The summed E-state index contributed by atoms with van der Waals surface area (Å²) in [6, 6.07) is 0. The second-order valence-electron chi connectivity index (χ2n) is 1.23. The van der Waals surface area contributed by atoms with Gasteiger partial charge < -0.3 is 0 Å². The van der Waals surface area contributed by atoms with Crippen LogP contribution in [0, 0.1) is 0 Å². The maximum Gasteiger partial charge on any atom is 0.0504 e. The van der Waals surface area contributed by atoms with Gasteiger partial charge in [-0.3, -0.25) is 0 Å². The van der Waals surface area contributed by atoms with E-state index in [1.807, 2.05) is 18.5 Å². The predicted molar refractivity (Wildman–Crippen MR) is 36.1 cm³/mol. The lowest BCUT2D eigenvalue weighted by Crippen LogP contribution is -2.23. The van der Waals surface area contributed by atoms with Crippen molar-refractivity contribution in [3.63, 3.8) is 0 Å². The standard InChI is InChI=1S/C4H7N3S/c1-8-7-4-2-3-5-6-7/h2-4,6H,1H3. The van der Waals surface area contributed by atoms with Gasteiger partial charge in [0.25, 0.3) is 0 Å². The average molecular weight is 129 g/mol. The molecule has 0 bridgehead atoms. The summed E-state index contributed by atoms with van der Waals surface area (Å²) in [7, 11) is 0. The minimum absolute atomic E-state index is 1.57. The molecule has 0 amide bonds. The molecule has 1 aliphatic heterocycles. The first-order chi connectivity index (χ1) is 3.93. The summed E-state index contributed by atoms with van der Waals surface area (Å²) in [5.41, 5.74) is 2.75. The quantitative estimate of drug-likeness (QED) is 0.525. The van der Waals surface area contributed by atoms with Gasteiger partial charge in [0.05, 0.1) is 6.21 Å². The maximum absolute atomic E-state index is 3.77. The van der Waals surface area contributed by atoms with Crippen molar-refractivity contribution in [1.29, 1.82) is 0 Å². The zero-order valence-corrected chi connectivity index (χ0v) is 5.35. The van der Waals surface area contributed by atoms with Gasteiger partial charge in [-0.1, -0.05) is 0 Å². The molecule has 0 fully saturated rings. The van der Waals surface area contributed by atoms with Gasteiger partial charge in [-0.15, -0.1) is 0 Å². The Hall–Kier alpha value is -0.640. The highest BCUT2D eigenvalue weighted by molar-refractivity contribution is 7.96. The second-order valence-corrected chi connectivity index (χ2v) is 1.99. The highest BCUT2D eigenvalue weighted by Crippen LogP contribution is 2.01. The predicted octanol–water partition coefficient (Wildman–Crippen LogP) is 0.584. The number of hydrogen-bond donors (Lipinski definition) is 1. The molecule has 0 aromatic carbocycles. The minimum Gasteiger partial charge on any atom is -0.221 e. The van der Waals surface area contributed by atoms with E-state index in [9.17, 15) is 0 Å². The average Bonchev–Trinajstić information content (AvgIpc) is 1.90. The Morgan fingerprint density at radius 1 is 1.75 bits per heavy atom. The summed E-state index contributed by atoms with van der Waals surface area (Å²) >= 11 is 1.57. The molecule has 0 unspecified atom stereocenters. The van der Waals surface area contributed by atoms with Crippen LogP contribution in [0.4, 0.5) is 0 Å². The number of hydrogen-bond acceptors (Lipinski definition) is 4. The van der Waals surface area contributed by atoms with E-state index in [2.05, 4.69) is 10.6 Å². The molecule has 3 nitrogen and oxygen atoms in total. The Morgan fingerprint density at radius 2 is 2.62 bits per heavy atom. The van der Waals surface area contributed by atoms with E-state index in [4.69, 9.17) is 0 Å². The fourth-order valence-electron chi connectivity index (χ4n) is 0.385. The van der Waals surface area contributed by atoms with Crippen LogP contribution in [0.15, 0.2) is 17.4 Å². The van der Waals surface area contributed by atoms with Crippen LogP contribution < -0.4 is 5.53 Å². The molecule has 1 heterocycles. The van der Waals surface area contributed by atoms with E-state index in [1.165, 1.54) is 0 Å². The smallest absolute Gasteiger partial charge is 0.0504 e. The van der Waals surface area contributed by atoms with Crippen molar-refractivity contribution in [2.75, 3.05) is 6.26 Å². The third-order valence-electron chi connectivity index (χ3n) is 0.735. The number of nitrogens with one attached hydrogen (secondary N) is 1. The van der Waals surface area contributed by atoms with E-state index in [-0.39, 0.29) is 0 Å². The van der Waals surface area contributed by atoms with Gasteiger partial charge in [0.15, 0.2) is 0 Å². The lowest BCUT2D eigenvalue weighted by Gasteiger charge is -2.15. The molecule has 0 radical (unpaired) electrons. The number of hydrazine groups is 1. The minimum atomic E-state index is 1.57. The summed E-state index contributed by atoms with van der Waals surface area (Å²) in [6.45, 7) is 0. The summed E-state index contributed by atoms with van der Waals surface area (Å²) in [5.74, 6) is 0. The molecule has 0 saturated heterocycles. The molecule has 1 rings (SSSR count). The first-order valence-electron chi connectivity index (χ1n) is 2.22. The molecule has 0 aromatic rings. The Bertz CT molecular complexity index is 120. The van der Waals surface area contributed by atoms with Crippen LogP contribution in [0.25, 0.3) is 0 Å². The van der Waals surface area contributed by atoms with Crippen molar-refractivity contribution in [2.45, 2.75) is 0 Å². The van der Waals surface area contributed by atoms with E-state index < -0.39 is 0 Å². The van der Waals surface area contributed by atoms with Crippen molar-refractivity contribution in [3.05, 3.63) is 12.3 Å². The van der Waals surface area contributed by atoms with Crippen molar-refractivity contribution < 1.29 is 0 Å². The van der Waals surface area contributed by atoms with Crippen LogP contribution in [0.1, 0.15) is 0 Å². The molecule has 1 N–H and O–H groups in total. The van der Waals surface area contributed by atoms with Crippen LogP contribution in [-0.2, 0) is 0 Å². The van der Waals surface area contributed by atoms with Gasteiger partial charge in [-0.25, -0.2) is 9.95 Å². The first kappa shape index (κ1) is 5.50. The molecular weight excluding hydrogens is 122 g/mol. The third-order valence-corrected chi connectivity index (χ3v) is 1.33. The number of nitrogens with zero attached hydrogens (tertiary/aromatic N) is 2. The van der Waals surface area contributed by atoms with Crippen LogP contribution in [0.5, 0.6) is 0 Å². The van der Waals surface area contributed by atoms with Crippen molar-refractivity contribution in [3.8, 4) is 0 Å². The Labute approximate surface area is 52.5 Å². The normalized spacial score (nSPS) is 16.4. The number of allylic oxidation sites excluding steroid dienone is 1. The van der Waals surface area contributed by atoms with E-state index in [0.29, 0.717) is 0 Å². The molecule has 4 heteroatoms. The third kappa shape index (κ3) is 1.16. The molecule has 0 atom stereocenters. The van der Waals surface area contributed by atoms with Gasteiger partial charge >= 0.3 is 0 Å². The van der Waals surface area contributed by atoms with Gasteiger partial charge in [0, 0.05) is 12.5 Å². The van der Waals surface area contributed by atoms with Crippen LogP contribution in [0.2, 0.25) is 0 Å². The van der Waals surface area contributed by atoms with Gasteiger partial charge in [-0.2, -0.15) is 5.10 Å². The Kier molecular flexibility index (Phi) is 1.80. The summed E-state index contributed by atoms with van der Waals surface area (Å²) < 4.78 is 1.81. The van der Waals surface area contributed by atoms with Gasteiger partial charge in [0.1, 0.15) is 0 Å². The Morgan fingerprint density at radius 3 is 3.00 bits per heavy atom. The molecule has 0 spiro atoms. The lowest BCUT2D eigenvalue weighted by atomic mass is 10.7. The lowest BCUT2D eigenvalue weighted by molar-refractivity contribution is 0.468. The van der Waals surface area contributed by atoms with Crippen molar-refractivity contribution in [2.24, 2.45) is 5.10 Å². The molecule has 0 saturated carbocycles.